The summed E-state index contributed by atoms with van der Waals surface area (Å²) in [5, 5.41) is 15.6. The SMILES string of the molecule is O=C(NC1=N/NNc2c(F)cccc2N=C\C=C\1)c1ccc(OCCO)c(Cl)c1. The normalized spacial score (nSPS) is 15.8. The number of hydrogen-bond donors (Lipinski definition) is 4. The van der Waals surface area contributed by atoms with E-state index in [-0.39, 0.29) is 35.3 Å². The fraction of sp³-hybridized carbons (Fsp3) is 0.105. The third-order valence-electron chi connectivity index (χ3n) is 3.69. The lowest BCUT2D eigenvalue weighted by molar-refractivity contribution is 0.0977. The van der Waals surface area contributed by atoms with Crippen molar-refractivity contribution in [2.75, 3.05) is 18.6 Å². The van der Waals surface area contributed by atoms with Gasteiger partial charge in [0.2, 0.25) is 0 Å². The number of carbonyl (C=O) groups excluding carboxylic acids is 1. The zero-order valence-electron chi connectivity index (χ0n) is 15.0. The molecule has 29 heavy (non-hydrogen) atoms. The number of nitrogens with zero attached hydrogens (tertiary/aromatic N) is 2. The number of aliphatic hydroxyl groups is 1. The van der Waals surface area contributed by atoms with E-state index in [2.05, 4.69) is 26.4 Å². The van der Waals surface area contributed by atoms with E-state index in [0.717, 1.165) is 0 Å². The fourth-order valence-corrected chi connectivity index (χ4v) is 2.59. The lowest BCUT2D eigenvalue weighted by atomic mass is 10.2. The minimum absolute atomic E-state index is 0.0941. The Morgan fingerprint density at radius 1 is 1.31 bits per heavy atom. The number of amides is 1. The van der Waals surface area contributed by atoms with Gasteiger partial charge >= 0.3 is 0 Å². The highest BCUT2D eigenvalue weighted by Gasteiger charge is 2.12. The molecule has 0 aromatic heterocycles. The van der Waals surface area contributed by atoms with Crippen molar-refractivity contribution in [2.45, 2.75) is 0 Å². The van der Waals surface area contributed by atoms with Crippen LogP contribution in [0.5, 0.6) is 5.75 Å². The molecule has 0 fully saturated rings. The summed E-state index contributed by atoms with van der Waals surface area (Å²) in [7, 11) is 0. The van der Waals surface area contributed by atoms with E-state index >= 15 is 0 Å². The van der Waals surface area contributed by atoms with Gasteiger partial charge in [0.25, 0.3) is 5.91 Å². The summed E-state index contributed by atoms with van der Waals surface area (Å²) in [5.41, 5.74) is 5.89. The van der Waals surface area contributed by atoms with Crippen LogP contribution in [0.15, 0.2) is 58.6 Å². The second kappa shape index (κ2) is 9.67. The van der Waals surface area contributed by atoms with Crippen molar-refractivity contribution in [3.05, 3.63) is 65.0 Å². The maximum absolute atomic E-state index is 13.9. The summed E-state index contributed by atoms with van der Waals surface area (Å²) in [4.78, 5) is 16.6. The highest BCUT2D eigenvalue weighted by atomic mass is 35.5. The van der Waals surface area contributed by atoms with Gasteiger partial charge in [-0.1, -0.05) is 17.7 Å². The van der Waals surface area contributed by atoms with E-state index in [0.29, 0.717) is 11.4 Å². The van der Waals surface area contributed by atoms with Crippen LogP contribution >= 0.6 is 11.6 Å². The largest absolute Gasteiger partial charge is 0.490 e. The number of hydrazone groups is 1. The summed E-state index contributed by atoms with van der Waals surface area (Å²) in [6.07, 6.45) is 4.53. The fourth-order valence-electron chi connectivity index (χ4n) is 2.36. The van der Waals surface area contributed by atoms with Gasteiger partial charge in [-0.15, -0.1) is 5.10 Å². The van der Waals surface area contributed by atoms with Crippen molar-refractivity contribution in [2.24, 2.45) is 10.1 Å². The number of ether oxygens (including phenoxy) is 1. The number of benzene rings is 2. The summed E-state index contributed by atoms with van der Waals surface area (Å²) in [6, 6.07) is 8.97. The standard InChI is InChI=1S/C19H17ClFN5O3/c20-13-11-12(6-7-16(13)29-10-9-27)19(28)23-17-5-2-8-22-15-4-1-3-14(21)18(15)25-26-24-17/h1-8,11,25-27H,9-10H2,(H,23,24,28)/b5-2+,22-8?. The molecule has 0 spiro atoms. The molecule has 1 heterocycles. The number of aliphatic hydroxyl groups excluding tert-OH is 1. The molecular formula is C19H17ClFN5O3. The summed E-state index contributed by atoms with van der Waals surface area (Å²) >= 11 is 6.10. The minimum Gasteiger partial charge on any atom is -0.490 e. The number of rotatable bonds is 4. The molecule has 2 aromatic carbocycles. The maximum Gasteiger partial charge on any atom is 0.256 e. The summed E-state index contributed by atoms with van der Waals surface area (Å²) in [6.45, 7) is -0.0553. The molecule has 4 N–H and O–H groups in total. The smallest absolute Gasteiger partial charge is 0.256 e. The van der Waals surface area contributed by atoms with Crippen LogP contribution in [0, 0.1) is 5.82 Å². The van der Waals surface area contributed by atoms with Crippen LogP contribution in [-0.2, 0) is 0 Å². The molecule has 0 aliphatic carbocycles. The lowest BCUT2D eigenvalue weighted by Crippen LogP contribution is -2.32. The first-order valence-corrected chi connectivity index (χ1v) is 8.89. The van der Waals surface area contributed by atoms with E-state index < -0.39 is 11.7 Å². The van der Waals surface area contributed by atoms with Crippen molar-refractivity contribution < 1.29 is 19.0 Å². The molecule has 1 amide bonds. The van der Waals surface area contributed by atoms with Crippen molar-refractivity contribution in [3.63, 3.8) is 0 Å². The second-order valence-corrected chi connectivity index (χ2v) is 6.08. The number of aliphatic imine (C=N–C) groups is 1. The Bertz CT molecular complexity index is 994. The Morgan fingerprint density at radius 3 is 2.97 bits per heavy atom. The molecule has 0 radical (unpaired) electrons. The Balaban J connectivity index is 1.73. The highest BCUT2D eigenvalue weighted by Crippen LogP contribution is 2.27. The molecule has 0 unspecified atom stereocenters. The van der Waals surface area contributed by atoms with Crippen LogP contribution in [-0.4, -0.2) is 36.3 Å². The van der Waals surface area contributed by atoms with Crippen LogP contribution in [0.4, 0.5) is 15.8 Å². The van der Waals surface area contributed by atoms with Gasteiger partial charge in [-0.05, 0) is 42.5 Å². The predicted octanol–water partition coefficient (Wildman–Crippen LogP) is 2.78. The number of para-hydroxylation sites is 1. The third-order valence-corrected chi connectivity index (χ3v) is 3.98. The minimum atomic E-state index is -0.504. The lowest BCUT2D eigenvalue weighted by Gasteiger charge is -2.12. The van der Waals surface area contributed by atoms with E-state index in [1.54, 1.807) is 18.2 Å². The zero-order valence-corrected chi connectivity index (χ0v) is 15.8. The number of hydrazine groups is 1. The number of allylic oxidation sites excluding steroid dienone is 1. The molecule has 8 nitrogen and oxygen atoms in total. The molecule has 0 bridgehead atoms. The quantitative estimate of drug-likeness (QED) is 0.612. The number of fused-ring (bicyclic) bond motifs is 1. The van der Waals surface area contributed by atoms with Crippen LogP contribution in [0.25, 0.3) is 0 Å². The predicted molar refractivity (Wildman–Crippen MR) is 109 cm³/mol. The van der Waals surface area contributed by atoms with Crippen LogP contribution < -0.4 is 21.0 Å². The zero-order chi connectivity index (χ0) is 20.6. The van der Waals surface area contributed by atoms with E-state index in [9.17, 15) is 9.18 Å². The average molecular weight is 418 g/mol. The number of amidine groups is 1. The summed E-state index contributed by atoms with van der Waals surface area (Å²) in [5.74, 6) is -0.455. The number of carbonyl (C=O) groups is 1. The van der Waals surface area contributed by atoms with Gasteiger partial charge in [0.15, 0.2) is 5.84 Å². The Kier molecular flexibility index (Phi) is 6.77. The molecule has 1 aliphatic heterocycles. The molecular weight excluding hydrogens is 401 g/mol. The van der Waals surface area contributed by atoms with Gasteiger partial charge in [-0.25, -0.2) is 9.93 Å². The average Bonchev–Trinajstić information content (AvgIpc) is 2.71. The first kappa shape index (κ1) is 20.3. The van der Waals surface area contributed by atoms with Crippen molar-refractivity contribution in [3.8, 4) is 5.75 Å². The van der Waals surface area contributed by atoms with Crippen molar-refractivity contribution in [1.82, 2.24) is 10.9 Å². The molecule has 2 aromatic rings. The van der Waals surface area contributed by atoms with Crippen LogP contribution in [0.1, 0.15) is 10.4 Å². The molecule has 1 aliphatic rings. The molecule has 0 saturated carbocycles. The van der Waals surface area contributed by atoms with Gasteiger partial charge in [0.1, 0.15) is 23.9 Å². The third kappa shape index (κ3) is 5.31. The Hall–Kier alpha value is -3.43. The molecule has 0 atom stereocenters. The van der Waals surface area contributed by atoms with Crippen molar-refractivity contribution in [1.29, 1.82) is 0 Å². The number of halogens is 2. The number of nitrogens with one attached hydrogen (secondary N) is 3. The summed E-state index contributed by atoms with van der Waals surface area (Å²) < 4.78 is 19.2. The van der Waals surface area contributed by atoms with Crippen LogP contribution in [0.3, 0.4) is 0 Å². The van der Waals surface area contributed by atoms with E-state index in [1.807, 2.05) is 0 Å². The topological polar surface area (TPSA) is 107 Å². The van der Waals surface area contributed by atoms with E-state index in [4.69, 9.17) is 21.4 Å². The first-order valence-electron chi connectivity index (χ1n) is 8.51. The number of anilines is 1. The molecule has 3 rings (SSSR count). The Morgan fingerprint density at radius 2 is 2.17 bits per heavy atom. The van der Waals surface area contributed by atoms with Crippen LogP contribution in [0.2, 0.25) is 5.02 Å². The van der Waals surface area contributed by atoms with Gasteiger partial charge in [-0.2, -0.15) is 0 Å². The second-order valence-electron chi connectivity index (χ2n) is 5.68. The first-order chi connectivity index (χ1) is 14.1. The van der Waals surface area contributed by atoms with Gasteiger partial charge in [-0.3, -0.25) is 15.2 Å². The number of hydrogen-bond acceptors (Lipinski definition) is 7. The van der Waals surface area contributed by atoms with E-state index in [1.165, 1.54) is 36.6 Å². The monoisotopic (exact) mass is 417 g/mol. The Labute approximate surface area is 170 Å². The van der Waals surface area contributed by atoms with Gasteiger partial charge in [0, 0.05) is 11.8 Å². The maximum atomic E-state index is 13.9. The molecule has 0 saturated heterocycles. The molecule has 150 valence electrons. The van der Waals surface area contributed by atoms with Gasteiger partial charge in [0.05, 0.1) is 17.3 Å². The van der Waals surface area contributed by atoms with Gasteiger partial charge < -0.3 is 15.2 Å². The molecule has 10 heteroatoms. The van der Waals surface area contributed by atoms with Crippen molar-refractivity contribution >= 4 is 40.9 Å². The highest BCUT2D eigenvalue weighted by molar-refractivity contribution is 6.32.